The topological polar surface area (TPSA) is 0 Å². The Morgan fingerprint density at radius 3 is 2.56 bits per heavy atom. The summed E-state index contributed by atoms with van der Waals surface area (Å²) in [6, 6.07) is 11.5. The Hall–Kier alpha value is -1.04. The fourth-order valence-electron chi connectivity index (χ4n) is 7.93. The average molecular weight is 335 g/mol. The van der Waals surface area contributed by atoms with Gasteiger partial charge in [-0.2, -0.15) is 0 Å². The molecule has 0 spiro atoms. The summed E-state index contributed by atoms with van der Waals surface area (Å²) in [5, 5.41) is 0. The molecule has 0 heteroatoms. The fraction of sp³-hybridized carbons (Fsp3) is 0.680. The highest BCUT2D eigenvalue weighted by atomic mass is 14.6. The van der Waals surface area contributed by atoms with Crippen LogP contribution in [-0.2, 0) is 0 Å². The van der Waals surface area contributed by atoms with E-state index in [0.29, 0.717) is 10.8 Å². The van der Waals surface area contributed by atoms with Crippen molar-refractivity contribution in [1.82, 2.24) is 0 Å². The van der Waals surface area contributed by atoms with Crippen molar-refractivity contribution in [2.45, 2.75) is 77.6 Å². The van der Waals surface area contributed by atoms with E-state index in [1.165, 1.54) is 57.8 Å². The highest BCUT2D eigenvalue weighted by Crippen LogP contribution is 2.67. The van der Waals surface area contributed by atoms with Crippen LogP contribution in [0.5, 0.6) is 0 Å². The van der Waals surface area contributed by atoms with Crippen LogP contribution >= 0.6 is 0 Å². The first-order valence-electron chi connectivity index (χ1n) is 10.9. The Labute approximate surface area is 154 Å². The molecular weight excluding hydrogens is 300 g/mol. The molecule has 0 heterocycles. The predicted molar refractivity (Wildman–Crippen MR) is 106 cm³/mol. The molecule has 134 valence electrons. The van der Waals surface area contributed by atoms with Crippen LogP contribution in [0, 0.1) is 28.6 Å². The molecule has 1 aromatic rings. The number of hydrogen-bond donors (Lipinski definition) is 0. The minimum absolute atomic E-state index is 0.541. The van der Waals surface area contributed by atoms with Crippen molar-refractivity contribution < 1.29 is 0 Å². The minimum atomic E-state index is 0.541. The van der Waals surface area contributed by atoms with Crippen molar-refractivity contribution in [2.75, 3.05) is 0 Å². The Balaban J connectivity index is 1.48. The number of benzene rings is 1. The Bertz CT molecular complexity index is 671. The van der Waals surface area contributed by atoms with E-state index < -0.39 is 0 Å². The van der Waals surface area contributed by atoms with E-state index in [4.69, 9.17) is 0 Å². The van der Waals surface area contributed by atoms with Gasteiger partial charge in [0.15, 0.2) is 0 Å². The molecule has 3 fully saturated rings. The second kappa shape index (κ2) is 5.73. The lowest BCUT2D eigenvalue weighted by Crippen LogP contribution is -2.49. The lowest BCUT2D eigenvalue weighted by molar-refractivity contribution is -0.0307. The Morgan fingerprint density at radius 2 is 1.72 bits per heavy atom. The largest absolute Gasteiger partial charge is 0.0845 e. The summed E-state index contributed by atoms with van der Waals surface area (Å²) in [5.41, 5.74) is 4.55. The van der Waals surface area contributed by atoms with Gasteiger partial charge in [0.25, 0.3) is 0 Å². The molecule has 0 bridgehead atoms. The third-order valence-corrected chi connectivity index (χ3v) is 9.22. The van der Waals surface area contributed by atoms with Crippen molar-refractivity contribution in [1.29, 1.82) is 0 Å². The molecule has 1 aromatic carbocycles. The predicted octanol–water partition coefficient (Wildman–Crippen LogP) is 7.12. The summed E-state index contributed by atoms with van der Waals surface area (Å²) >= 11 is 0. The van der Waals surface area contributed by atoms with E-state index in [9.17, 15) is 0 Å². The first-order chi connectivity index (χ1) is 12.1. The molecule has 4 aliphatic rings. The summed E-state index contributed by atoms with van der Waals surface area (Å²) in [7, 11) is 0. The van der Waals surface area contributed by atoms with Crippen LogP contribution in [0.3, 0.4) is 0 Å². The van der Waals surface area contributed by atoms with E-state index in [-0.39, 0.29) is 0 Å². The molecule has 6 atom stereocenters. The van der Waals surface area contributed by atoms with Gasteiger partial charge in [0.2, 0.25) is 0 Å². The van der Waals surface area contributed by atoms with Crippen LogP contribution < -0.4 is 0 Å². The number of fused-ring (bicyclic) bond motifs is 5. The molecule has 0 radical (unpaired) electrons. The van der Waals surface area contributed by atoms with Crippen LogP contribution in [0.4, 0.5) is 0 Å². The van der Waals surface area contributed by atoms with E-state index in [2.05, 4.69) is 50.3 Å². The zero-order valence-electron chi connectivity index (χ0n) is 16.1. The smallest absolute Gasteiger partial charge is 0.00853 e. The van der Waals surface area contributed by atoms with Gasteiger partial charge in [0.1, 0.15) is 0 Å². The Morgan fingerprint density at radius 1 is 0.880 bits per heavy atom. The third kappa shape index (κ3) is 2.25. The van der Waals surface area contributed by atoms with E-state index in [0.717, 1.165) is 23.7 Å². The molecule has 0 nitrogen and oxygen atoms in total. The molecule has 25 heavy (non-hydrogen) atoms. The maximum atomic E-state index is 2.71. The van der Waals surface area contributed by atoms with Crippen LogP contribution in [0.25, 0.3) is 0 Å². The molecule has 4 aliphatic carbocycles. The van der Waals surface area contributed by atoms with Gasteiger partial charge in [-0.3, -0.25) is 0 Å². The fourth-order valence-corrected chi connectivity index (χ4v) is 7.93. The molecular formula is C25H34. The lowest BCUT2D eigenvalue weighted by Gasteiger charge is -2.57. The first-order valence-corrected chi connectivity index (χ1v) is 10.9. The van der Waals surface area contributed by atoms with Gasteiger partial charge in [0, 0.05) is 0 Å². The molecule has 0 aliphatic heterocycles. The molecule has 3 saturated carbocycles. The monoisotopic (exact) mass is 334 g/mol. The second-order valence-electron chi connectivity index (χ2n) is 10.1. The molecule has 5 rings (SSSR count). The van der Waals surface area contributed by atoms with E-state index in [1.54, 1.807) is 5.56 Å². The van der Waals surface area contributed by atoms with Crippen molar-refractivity contribution in [3.8, 4) is 0 Å². The van der Waals surface area contributed by atoms with Gasteiger partial charge < -0.3 is 0 Å². The SMILES string of the molecule is C[C@]12CC[C@H]3[C@@H](CC=C4CCCC[C@@]43C)[C@@H]1CC[C@@H]2c1ccccc1. The van der Waals surface area contributed by atoms with Crippen molar-refractivity contribution in [3.05, 3.63) is 47.5 Å². The molecule has 0 aromatic heterocycles. The van der Waals surface area contributed by atoms with Crippen LogP contribution in [0.15, 0.2) is 42.0 Å². The maximum absolute atomic E-state index is 2.71. The number of allylic oxidation sites excluding steroid dienone is 2. The quantitative estimate of drug-likeness (QED) is 0.479. The van der Waals surface area contributed by atoms with Gasteiger partial charge >= 0.3 is 0 Å². The van der Waals surface area contributed by atoms with Gasteiger partial charge in [-0.1, -0.05) is 62.2 Å². The lowest BCUT2D eigenvalue weighted by atomic mass is 9.47. The normalized spacial score (nSPS) is 45.9. The van der Waals surface area contributed by atoms with Crippen molar-refractivity contribution >= 4 is 0 Å². The average Bonchev–Trinajstić information content (AvgIpc) is 2.99. The summed E-state index contributed by atoms with van der Waals surface area (Å²) < 4.78 is 0. The highest BCUT2D eigenvalue weighted by Gasteiger charge is 2.58. The first kappa shape index (κ1) is 16.2. The zero-order chi connectivity index (χ0) is 17.1. The van der Waals surface area contributed by atoms with Gasteiger partial charge in [0.05, 0.1) is 0 Å². The van der Waals surface area contributed by atoms with Crippen LogP contribution in [-0.4, -0.2) is 0 Å². The zero-order valence-corrected chi connectivity index (χ0v) is 16.1. The molecule has 0 N–H and O–H groups in total. The minimum Gasteiger partial charge on any atom is -0.0845 e. The van der Waals surface area contributed by atoms with Crippen LogP contribution in [0.1, 0.15) is 83.1 Å². The third-order valence-electron chi connectivity index (χ3n) is 9.22. The van der Waals surface area contributed by atoms with Crippen molar-refractivity contribution in [3.63, 3.8) is 0 Å². The van der Waals surface area contributed by atoms with E-state index in [1.807, 2.05) is 5.57 Å². The summed E-state index contributed by atoms with van der Waals surface area (Å²) in [4.78, 5) is 0. The Kier molecular flexibility index (Phi) is 3.70. The second-order valence-corrected chi connectivity index (χ2v) is 10.1. The standard InChI is InChI=1S/C25H34/c1-24-16-7-6-10-19(24)11-12-20-22-14-13-21(18-8-4-3-5-9-18)25(22,2)17-15-23(20)24/h3-5,8-9,11,20-23H,6-7,10,12-17H2,1-2H3/t20-,21+,22-,23-,24-,25+/m0/s1. The maximum Gasteiger partial charge on any atom is -0.00853 e. The van der Waals surface area contributed by atoms with E-state index >= 15 is 0 Å². The van der Waals surface area contributed by atoms with Crippen molar-refractivity contribution in [2.24, 2.45) is 28.6 Å². The summed E-state index contributed by atoms with van der Waals surface area (Å²) in [6.07, 6.45) is 15.7. The van der Waals surface area contributed by atoms with Gasteiger partial charge in [-0.05, 0) is 91.4 Å². The van der Waals surface area contributed by atoms with Crippen LogP contribution in [0.2, 0.25) is 0 Å². The molecule has 0 unspecified atom stereocenters. The number of rotatable bonds is 1. The number of hydrogen-bond acceptors (Lipinski definition) is 0. The van der Waals surface area contributed by atoms with Gasteiger partial charge in [-0.25, -0.2) is 0 Å². The van der Waals surface area contributed by atoms with Gasteiger partial charge in [-0.15, -0.1) is 0 Å². The molecule has 0 saturated heterocycles. The summed E-state index contributed by atoms with van der Waals surface area (Å²) in [5.74, 6) is 3.68. The molecule has 0 amide bonds. The highest BCUT2D eigenvalue weighted by molar-refractivity contribution is 5.28. The summed E-state index contributed by atoms with van der Waals surface area (Å²) in [6.45, 7) is 5.29.